The fourth-order valence-electron chi connectivity index (χ4n) is 2.82. The van der Waals surface area contributed by atoms with E-state index in [1.165, 1.54) is 17.6 Å². The number of para-hydroxylation sites is 1. The highest BCUT2D eigenvalue weighted by Gasteiger charge is 2.21. The van der Waals surface area contributed by atoms with Crippen LogP contribution in [0.4, 0.5) is 10.5 Å². The van der Waals surface area contributed by atoms with Gasteiger partial charge in [0.1, 0.15) is 11.9 Å². The molecular weight excluding hydrogens is 304 g/mol. The Bertz CT molecular complexity index is 675. The molecule has 0 saturated carbocycles. The van der Waals surface area contributed by atoms with Crippen molar-refractivity contribution in [2.24, 2.45) is 0 Å². The van der Waals surface area contributed by atoms with Crippen LogP contribution in [0.15, 0.2) is 48.5 Å². The number of benzene rings is 2. The molecule has 2 aromatic carbocycles. The number of carbonyl (C=O) groups is 1. The molecule has 1 aliphatic heterocycles. The van der Waals surface area contributed by atoms with Crippen LogP contribution in [0.25, 0.3) is 0 Å². The second-order valence-electron chi connectivity index (χ2n) is 5.96. The van der Waals surface area contributed by atoms with Crippen molar-refractivity contribution in [3.63, 3.8) is 0 Å². The van der Waals surface area contributed by atoms with Crippen LogP contribution in [0.2, 0.25) is 0 Å². The fourth-order valence-corrected chi connectivity index (χ4v) is 2.82. The van der Waals surface area contributed by atoms with Crippen molar-refractivity contribution in [1.82, 2.24) is 4.90 Å². The highest BCUT2D eigenvalue weighted by molar-refractivity contribution is 5.67. The summed E-state index contributed by atoms with van der Waals surface area (Å²) in [6, 6.07) is 16.2. The molecular formula is C19H22N2O3. The van der Waals surface area contributed by atoms with Crippen molar-refractivity contribution in [3.8, 4) is 5.75 Å². The van der Waals surface area contributed by atoms with E-state index < -0.39 is 0 Å². The summed E-state index contributed by atoms with van der Waals surface area (Å²) < 4.78 is 10.6. The van der Waals surface area contributed by atoms with E-state index in [2.05, 4.69) is 11.4 Å². The minimum atomic E-state index is -0.338. The van der Waals surface area contributed by atoms with E-state index >= 15 is 0 Å². The smallest absolute Gasteiger partial charge is 0.409 e. The number of amides is 1. The van der Waals surface area contributed by atoms with Crippen LogP contribution >= 0.6 is 0 Å². The number of anilines is 1. The monoisotopic (exact) mass is 326 g/mol. The molecule has 1 unspecified atom stereocenters. The summed E-state index contributed by atoms with van der Waals surface area (Å²) in [5, 5.41) is 3.41. The number of fused-ring (bicyclic) bond motifs is 1. The summed E-state index contributed by atoms with van der Waals surface area (Å²) in [7, 11) is 3.10. The highest BCUT2D eigenvalue weighted by atomic mass is 16.5. The van der Waals surface area contributed by atoms with Gasteiger partial charge in [-0.3, -0.25) is 0 Å². The number of ether oxygens (including phenoxy) is 2. The van der Waals surface area contributed by atoms with Gasteiger partial charge >= 0.3 is 6.09 Å². The van der Waals surface area contributed by atoms with E-state index in [0.717, 1.165) is 30.0 Å². The average molecular weight is 326 g/mol. The lowest BCUT2D eigenvalue weighted by molar-refractivity contribution is 0.131. The topological polar surface area (TPSA) is 50.8 Å². The van der Waals surface area contributed by atoms with Crippen LogP contribution < -0.4 is 10.1 Å². The second kappa shape index (κ2) is 7.25. The van der Waals surface area contributed by atoms with Gasteiger partial charge in [-0.1, -0.05) is 30.3 Å². The highest BCUT2D eigenvalue weighted by Crippen LogP contribution is 2.28. The first-order valence-corrected chi connectivity index (χ1v) is 8.02. The van der Waals surface area contributed by atoms with Gasteiger partial charge in [-0.2, -0.15) is 0 Å². The first-order chi connectivity index (χ1) is 11.7. The average Bonchev–Trinajstić information content (AvgIpc) is 3.03. The molecule has 0 spiro atoms. The molecule has 0 saturated heterocycles. The number of nitrogens with one attached hydrogen (secondary N) is 1. The number of hydrogen-bond donors (Lipinski definition) is 1. The Morgan fingerprint density at radius 1 is 1.25 bits per heavy atom. The van der Waals surface area contributed by atoms with Crippen LogP contribution in [0.5, 0.6) is 5.75 Å². The third-order valence-electron chi connectivity index (χ3n) is 4.11. The fraction of sp³-hybridized carbons (Fsp3) is 0.316. The van der Waals surface area contributed by atoms with E-state index in [0.29, 0.717) is 6.54 Å². The van der Waals surface area contributed by atoms with E-state index in [9.17, 15) is 4.79 Å². The molecule has 0 fully saturated rings. The molecule has 0 aliphatic carbocycles. The molecule has 0 bridgehead atoms. The maximum Gasteiger partial charge on any atom is 0.409 e. The van der Waals surface area contributed by atoms with Crippen LogP contribution in [0.1, 0.15) is 11.1 Å². The number of rotatable bonds is 5. The third kappa shape index (κ3) is 3.79. The van der Waals surface area contributed by atoms with Gasteiger partial charge in [-0.15, -0.1) is 0 Å². The summed E-state index contributed by atoms with van der Waals surface area (Å²) in [4.78, 5) is 12.9. The quantitative estimate of drug-likeness (QED) is 0.916. The van der Waals surface area contributed by atoms with Crippen molar-refractivity contribution in [2.45, 2.75) is 19.1 Å². The van der Waals surface area contributed by atoms with Gasteiger partial charge < -0.3 is 19.7 Å². The maximum atomic E-state index is 11.4. The minimum Gasteiger partial charge on any atom is -0.488 e. The molecule has 1 heterocycles. The largest absolute Gasteiger partial charge is 0.488 e. The molecule has 0 radical (unpaired) electrons. The van der Waals surface area contributed by atoms with Gasteiger partial charge in [-0.05, 0) is 29.3 Å². The SMILES string of the molecule is COC(=O)N(C)Cc1ccc(NCC2Cc3ccccc3O2)cc1. The molecule has 0 aromatic heterocycles. The Hall–Kier alpha value is -2.69. The molecule has 24 heavy (non-hydrogen) atoms. The molecule has 126 valence electrons. The van der Waals surface area contributed by atoms with Gasteiger partial charge in [-0.25, -0.2) is 4.79 Å². The number of carbonyl (C=O) groups excluding carboxylic acids is 1. The minimum absolute atomic E-state index is 0.160. The Kier molecular flexibility index (Phi) is 4.89. The second-order valence-corrected chi connectivity index (χ2v) is 5.96. The van der Waals surface area contributed by atoms with Gasteiger partial charge in [0.25, 0.3) is 0 Å². The third-order valence-corrected chi connectivity index (χ3v) is 4.11. The normalized spacial score (nSPS) is 15.3. The summed E-state index contributed by atoms with van der Waals surface area (Å²) in [6.45, 7) is 1.28. The maximum absolute atomic E-state index is 11.4. The number of methoxy groups -OCH3 is 1. The van der Waals surface area contributed by atoms with E-state index in [4.69, 9.17) is 9.47 Å². The van der Waals surface area contributed by atoms with E-state index in [1.54, 1.807) is 7.05 Å². The molecule has 5 nitrogen and oxygen atoms in total. The molecule has 1 N–H and O–H groups in total. The van der Waals surface area contributed by atoms with Crippen LogP contribution in [-0.4, -0.2) is 37.8 Å². The molecule has 1 amide bonds. The summed E-state index contributed by atoms with van der Waals surface area (Å²) in [5.74, 6) is 0.991. The van der Waals surface area contributed by atoms with Gasteiger partial charge in [0.05, 0.1) is 13.7 Å². The lowest BCUT2D eigenvalue weighted by Gasteiger charge is -2.16. The standard InChI is InChI=1S/C19H22N2O3/c1-21(19(22)23-2)13-14-7-9-16(10-8-14)20-12-17-11-15-5-3-4-6-18(15)24-17/h3-10,17,20H,11-13H2,1-2H3. The Morgan fingerprint density at radius 3 is 2.71 bits per heavy atom. The Labute approximate surface area is 142 Å². The predicted molar refractivity (Wildman–Crippen MR) is 93.4 cm³/mol. The molecule has 2 aromatic rings. The molecule has 3 rings (SSSR count). The zero-order valence-corrected chi connectivity index (χ0v) is 14.0. The van der Waals surface area contributed by atoms with Crippen molar-refractivity contribution >= 4 is 11.8 Å². The lowest BCUT2D eigenvalue weighted by Crippen LogP contribution is -2.26. The summed E-state index contributed by atoms with van der Waals surface area (Å²) >= 11 is 0. The zero-order valence-electron chi connectivity index (χ0n) is 14.0. The van der Waals surface area contributed by atoms with Crippen LogP contribution in [0.3, 0.4) is 0 Å². The Morgan fingerprint density at radius 2 is 2.00 bits per heavy atom. The molecule has 5 heteroatoms. The van der Waals surface area contributed by atoms with Crippen molar-refractivity contribution < 1.29 is 14.3 Å². The summed E-state index contributed by atoms with van der Waals surface area (Å²) in [5.41, 5.74) is 3.36. The first-order valence-electron chi connectivity index (χ1n) is 8.02. The predicted octanol–water partition coefficient (Wildman–Crippen LogP) is 3.30. The van der Waals surface area contributed by atoms with Crippen molar-refractivity contribution in [2.75, 3.05) is 26.0 Å². The van der Waals surface area contributed by atoms with Crippen molar-refractivity contribution in [1.29, 1.82) is 0 Å². The van der Waals surface area contributed by atoms with Crippen molar-refractivity contribution in [3.05, 3.63) is 59.7 Å². The van der Waals surface area contributed by atoms with E-state index in [-0.39, 0.29) is 12.2 Å². The van der Waals surface area contributed by atoms with Gasteiger partial charge in [0.15, 0.2) is 0 Å². The molecule has 1 aliphatic rings. The number of nitrogens with zero attached hydrogens (tertiary/aromatic N) is 1. The number of hydrogen-bond acceptors (Lipinski definition) is 4. The lowest BCUT2D eigenvalue weighted by atomic mass is 10.1. The van der Waals surface area contributed by atoms with Gasteiger partial charge in [0, 0.05) is 25.7 Å². The van der Waals surface area contributed by atoms with Crippen LogP contribution in [0, 0.1) is 0 Å². The first kappa shape index (κ1) is 16.2. The van der Waals surface area contributed by atoms with Gasteiger partial charge in [0.2, 0.25) is 0 Å². The molecule has 1 atom stereocenters. The van der Waals surface area contributed by atoms with E-state index in [1.807, 2.05) is 42.5 Å². The van der Waals surface area contributed by atoms with Crippen LogP contribution in [-0.2, 0) is 17.7 Å². The zero-order chi connectivity index (χ0) is 16.9. The Balaban J connectivity index is 1.50. The summed E-state index contributed by atoms with van der Waals surface area (Å²) in [6.07, 6.45) is 0.758.